The zero-order valence-electron chi connectivity index (χ0n) is 20.5. The molecular weight excluding hydrogens is 392 g/mol. The van der Waals surface area contributed by atoms with Crippen LogP contribution in [0.1, 0.15) is 131 Å². The highest BCUT2D eigenvalue weighted by atomic mass is 35.6. The third-order valence-corrected chi connectivity index (χ3v) is 29.4. The minimum Gasteiger partial charge on any atom is -0.171 e. The average Bonchev–Trinajstić information content (AvgIpc) is 2.68. The Labute approximate surface area is 186 Å². The molecule has 0 aliphatic rings. The maximum absolute atomic E-state index is 7.97. The molecule has 0 spiro atoms. The predicted molar refractivity (Wildman–Crippen MR) is 139 cm³/mol. The van der Waals surface area contributed by atoms with Gasteiger partial charge in [0.25, 0.3) is 0 Å². The second-order valence-corrected chi connectivity index (χ2v) is 25.7. The molecule has 0 fully saturated rings. The average molecular weight is 447 g/mol. The minimum atomic E-state index is -1.64. The Morgan fingerprint density at radius 2 is 0.643 bits per heavy atom. The quantitative estimate of drug-likeness (QED) is 0.0933. The zero-order valence-corrected chi connectivity index (χ0v) is 23.3. The highest BCUT2D eigenvalue weighted by Crippen LogP contribution is 2.45. The van der Waals surface area contributed by atoms with Gasteiger partial charge in [-0.25, -0.2) is 0 Å². The van der Waals surface area contributed by atoms with E-state index in [0.29, 0.717) is 0 Å². The molecule has 0 N–H and O–H groups in total. The molecule has 0 bridgehead atoms. The molecule has 0 saturated carbocycles. The van der Waals surface area contributed by atoms with Gasteiger partial charge < -0.3 is 0 Å². The van der Waals surface area contributed by atoms with Gasteiger partial charge in [0.15, 0.2) is 0 Å². The van der Waals surface area contributed by atoms with Crippen LogP contribution in [-0.4, -0.2) is 14.5 Å². The van der Waals surface area contributed by atoms with Gasteiger partial charge in [0.1, 0.15) is 6.90 Å². The predicted octanol–water partition coefficient (Wildman–Crippen LogP) is 10.6. The van der Waals surface area contributed by atoms with Crippen molar-refractivity contribution < 1.29 is 0 Å². The highest BCUT2D eigenvalue weighted by Gasteiger charge is 2.51. The molecule has 0 aromatic heterocycles. The van der Waals surface area contributed by atoms with Gasteiger partial charge in [-0.15, -0.1) is 0 Å². The van der Waals surface area contributed by atoms with Gasteiger partial charge in [-0.05, 0) is 12.1 Å². The van der Waals surface area contributed by atoms with Crippen LogP contribution in [0.2, 0.25) is 30.2 Å². The molecule has 0 unspecified atom stereocenters. The number of hydrogen-bond donors (Lipinski definition) is 0. The Bertz CT molecular complexity index is 296. The molecule has 0 atom stereocenters. The number of unbranched alkanes of at least 4 members (excludes halogenated alkanes) is 10. The molecule has 0 aliphatic carbocycles. The van der Waals surface area contributed by atoms with E-state index >= 15 is 0 Å². The van der Waals surface area contributed by atoms with Crippen LogP contribution in [0.25, 0.3) is 0 Å². The first-order valence-corrected chi connectivity index (χ1v) is 20.3. The van der Waals surface area contributed by atoms with E-state index in [1.54, 1.807) is 18.1 Å². The van der Waals surface area contributed by atoms with Crippen molar-refractivity contribution in [1.82, 2.24) is 0 Å². The summed E-state index contributed by atoms with van der Waals surface area (Å²) in [7, 11) is -1.36. The fraction of sp³-hybridized carbons (Fsp3) is 1.00. The van der Waals surface area contributed by atoms with E-state index in [1.807, 2.05) is 0 Å². The monoisotopic (exact) mass is 446 g/mol. The van der Waals surface area contributed by atoms with E-state index in [-0.39, 0.29) is 0 Å². The third-order valence-electron chi connectivity index (χ3n) is 7.08. The highest BCUT2D eigenvalue weighted by molar-refractivity contribution is 7.59. The second kappa shape index (κ2) is 18.5. The lowest BCUT2D eigenvalue weighted by molar-refractivity contribution is 0.716. The SMILES string of the molecule is CCCCC[Si](Cl)(CCCCC)[Si](CCCCC)(CCCCC)CCCCC. The molecular formula is C25H55ClSi2. The zero-order chi connectivity index (χ0) is 21.1. The van der Waals surface area contributed by atoms with Crippen molar-refractivity contribution in [2.45, 2.75) is 161 Å². The first-order chi connectivity index (χ1) is 13.6. The second-order valence-electron chi connectivity index (χ2n) is 9.53. The van der Waals surface area contributed by atoms with Crippen LogP contribution in [0.5, 0.6) is 0 Å². The van der Waals surface area contributed by atoms with Gasteiger partial charge >= 0.3 is 0 Å². The molecule has 0 saturated heterocycles. The van der Waals surface area contributed by atoms with Crippen molar-refractivity contribution in [1.29, 1.82) is 0 Å². The summed E-state index contributed by atoms with van der Waals surface area (Å²) < 4.78 is 0. The summed E-state index contributed by atoms with van der Waals surface area (Å²) >= 11 is 7.97. The first-order valence-electron chi connectivity index (χ1n) is 13.2. The molecule has 0 aromatic rings. The van der Waals surface area contributed by atoms with E-state index in [0.717, 1.165) is 0 Å². The molecule has 0 aliphatic heterocycles. The lowest BCUT2D eigenvalue weighted by Crippen LogP contribution is -2.59. The third kappa shape index (κ3) is 11.2. The van der Waals surface area contributed by atoms with E-state index in [4.69, 9.17) is 11.1 Å². The maximum atomic E-state index is 7.97. The lowest BCUT2D eigenvalue weighted by Gasteiger charge is -2.45. The number of halogens is 1. The van der Waals surface area contributed by atoms with Crippen LogP contribution >= 0.6 is 11.1 Å². The van der Waals surface area contributed by atoms with Gasteiger partial charge in [0, 0.05) is 0 Å². The summed E-state index contributed by atoms with van der Waals surface area (Å²) in [5, 5.41) is 0. The largest absolute Gasteiger partial charge is 0.171 e. The summed E-state index contributed by atoms with van der Waals surface area (Å²) in [6.07, 6.45) is 21.1. The van der Waals surface area contributed by atoms with Gasteiger partial charge in [0.2, 0.25) is 0 Å². The van der Waals surface area contributed by atoms with Crippen LogP contribution in [0.3, 0.4) is 0 Å². The fourth-order valence-corrected chi connectivity index (χ4v) is 26.2. The van der Waals surface area contributed by atoms with Gasteiger partial charge in [-0.3, -0.25) is 0 Å². The van der Waals surface area contributed by atoms with Crippen LogP contribution in [0.4, 0.5) is 0 Å². The maximum Gasteiger partial charge on any atom is 0.147 e. The molecule has 0 radical (unpaired) electrons. The molecule has 0 aromatic carbocycles. The van der Waals surface area contributed by atoms with Crippen LogP contribution in [0.15, 0.2) is 0 Å². The van der Waals surface area contributed by atoms with Gasteiger partial charge in [-0.1, -0.05) is 149 Å². The molecule has 0 amide bonds. The first kappa shape index (κ1) is 28.7. The Balaban J connectivity index is 5.63. The van der Waals surface area contributed by atoms with Crippen LogP contribution in [-0.2, 0) is 0 Å². The standard InChI is InChI=1S/C25H55ClSi2/c1-6-11-16-21-27(22-17-12-7-2,23-18-13-8-3)28(26,24-19-14-9-4)25-20-15-10-5/h6-25H2,1-5H3. The van der Waals surface area contributed by atoms with Crippen molar-refractivity contribution in [3.05, 3.63) is 0 Å². The fourth-order valence-electron chi connectivity index (χ4n) is 5.15. The lowest BCUT2D eigenvalue weighted by atomic mass is 10.3. The summed E-state index contributed by atoms with van der Waals surface area (Å²) in [5.41, 5.74) is 0. The molecule has 3 heteroatoms. The van der Waals surface area contributed by atoms with Crippen LogP contribution < -0.4 is 0 Å². The van der Waals surface area contributed by atoms with Crippen molar-refractivity contribution in [3.63, 3.8) is 0 Å². The van der Waals surface area contributed by atoms with Crippen molar-refractivity contribution in [2.24, 2.45) is 0 Å². The smallest absolute Gasteiger partial charge is 0.147 e. The topological polar surface area (TPSA) is 0 Å². The van der Waals surface area contributed by atoms with E-state index in [9.17, 15) is 0 Å². The molecule has 0 nitrogen and oxygen atoms in total. The molecule has 0 rings (SSSR count). The van der Waals surface area contributed by atoms with Crippen molar-refractivity contribution in [3.8, 4) is 0 Å². The Morgan fingerprint density at radius 1 is 0.393 bits per heavy atom. The Kier molecular flexibility index (Phi) is 19.0. The van der Waals surface area contributed by atoms with Crippen LogP contribution in [0, 0.1) is 0 Å². The Morgan fingerprint density at radius 3 is 0.893 bits per heavy atom. The molecule has 170 valence electrons. The summed E-state index contributed by atoms with van der Waals surface area (Å²) in [4.78, 5) is 0. The van der Waals surface area contributed by atoms with E-state index < -0.39 is 14.5 Å². The van der Waals surface area contributed by atoms with E-state index in [1.165, 1.54) is 108 Å². The summed E-state index contributed by atoms with van der Waals surface area (Å²) in [6, 6.07) is 7.61. The van der Waals surface area contributed by atoms with E-state index in [2.05, 4.69) is 34.6 Å². The van der Waals surface area contributed by atoms with Gasteiger partial charge in [0.05, 0.1) is 7.59 Å². The summed E-state index contributed by atoms with van der Waals surface area (Å²) in [6.45, 7) is 10.2. The number of rotatable bonds is 21. The number of hydrogen-bond acceptors (Lipinski definition) is 0. The minimum absolute atomic E-state index is 1.34. The Hall–Kier alpha value is 0.724. The van der Waals surface area contributed by atoms with Gasteiger partial charge in [-0.2, -0.15) is 11.1 Å². The molecule has 0 heterocycles. The molecule has 28 heavy (non-hydrogen) atoms. The summed E-state index contributed by atoms with van der Waals surface area (Å²) in [5.74, 6) is 0. The normalized spacial score (nSPS) is 12.6. The van der Waals surface area contributed by atoms with Crippen molar-refractivity contribution >= 4 is 25.6 Å². The van der Waals surface area contributed by atoms with Crippen molar-refractivity contribution in [2.75, 3.05) is 0 Å².